The smallest absolute Gasteiger partial charge is 0.293 e. The van der Waals surface area contributed by atoms with E-state index in [-0.39, 0.29) is 25.0 Å². The Morgan fingerprint density at radius 2 is 1.96 bits per heavy atom. The summed E-state index contributed by atoms with van der Waals surface area (Å²) in [5, 5.41) is 0. The van der Waals surface area contributed by atoms with E-state index in [9.17, 15) is 9.59 Å². The fraction of sp³-hybridized carbons (Fsp3) is 0.444. The number of fused-ring (bicyclic) bond motifs is 2. The van der Waals surface area contributed by atoms with Crippen LogP contribution in [0.1, 0.15) is 17.5 Å². The minimum absolute atomic E-state index is 0.0975. The molecule has 3 aliphatic heterocycles. The van der Waals surface area contributed by atoms with Crippen LogP contribution in [0.25, 0.3) is 0 Å². The third kappa shape index (κ3) is 1.90. The van der Waals surface area contributed by atoms with Crippen molar-refractivity contribution in [3.05, 3.63) is 35.4 Å². The number of nitrogens with zero attached hydrogens (tertiary/aromatic N) is 1. The molecule has 1 aliphatic carbocycles. The van der Waals surface area contributed by atoms with Gasteiger partial charge in [-0.15, -0.1) is 0 Å². The second kappa shape index (κ2) is 5.23. The summed E-state index contributed by atoms with van der Waals surface area (Å²) < 4.78 is 21.7. The van der Waals surface area contributed by atoms with Crippen molar-refractivity contribution < 1.29 is 28.5 Å². The number of hydrogen-bond acceptors (Lipinski definition) is 7. The van der Waals surface area contributed by atoms with Crippen molar-refractivity contribution in [3.8, 4) is 11.5 Å². The summed E-state index contributed by atoms with van der Waals surface area (Å²) in [6.45, 7) is 2.60. The fourth-order valence-corrected chi connectivity index (χ4v) is 4.88. The quantitative estimate of drug-likeness (QED) is 0.594. The van der Waals surface area contributed by atoms with E-state index in [1.165, 1.54) is 0 Å². The first kappa shape index (κ1) is 14.8. The molecule has 0 spiro atoms. The van der Waals surface area contributed by atoms with Gasteiger partial charge in [0.15, 0.2) is 11.5 Å². The van der Waals surface area contributed by atoms with E-state index < -0.39 is 5.41 Å². The lowest BCUT2D eigenvalue weighted by Crippen LogP contribution is -2.52. The molecule has 1 aromatic carbocycles. The van der Waals surface area contributed by atoms with E-state index in [1.807, 2.05) is 24.3 Å². The monoisotopic (exact) mass is 343 g/mol. The number of hydrogen-bond donors (Lipinski definition) is 0. The molecule has 0 aromatic heterocycles. The van der Waals surface area contributed by atoms with Crippen LogP contribution in [-0.4, -0.2) is 49.4 Å². The fourth-order valence-electron chi connectivity index (χ4n) is 4.88. The molecule has 5 rings (SSSR count). The Labute approximate surface area is 144 Å². The molecule has 0 amide bonds. The maximum atomic E-state index is 11.1. The Hall–Kier alpha value is -2.54. The molecule has 1 saturated heterocycles. The first-order chi connectivity index (χ1) is 12.3. The molecule has 0 saturated carbocycles. The molecule has 5 atom stereocenters. The SMILES string of the molecule is O=CO[C@@H]1C=C[C@]23c4cc5c(cc4CN(C[C@H]2OC=O)[C@@H]3C1)OCO5. The minimum Gasteiger partial charge on any atom is -0.462 e. The van der Waals surface area contributed by atoms with E-state index in [2.05, 4.69) is 4.90 Å². The summed E-state index contributed by atoms with van der Waals surface area (Å²) in [5.41, 5.74) is 1.79. The van der Waals surface area contributed by atoms with E-state index in [0.29, 0.717) is 25.9 Å². The second-order valence-electron chi connectivity index (χ2n) is 6.83. The molecule has 2 bridgehead atoms. The van der Waals surface area contributed by atoms with E-state index in [1.54, 1.807) is 0 Å². The van der Waals surface area contributed by atoms with Crippen molar-refractivity contribution >= 4 is 12.9 Å². The van der Waals surface area contributed by atoms with E-state index >= 15 is 0 Å². The Morgan fingerprint density at radius 1 is 1.16 bits per heavy atom. The van der Waals surface area contributed by atoms with Crippen molar-refractivity contribution in [2.45, 2.75) is 36.6 Å². The molecule has 4 aliphatic rings. The lowest BCUT2D eigenvalue weighted by molar-refractivity contribution is -0.135. The van der Waals surface area contributed by atoms with Gasteiger partial charge >= 0.3 is 0 Å². The number of benzene rings is 1. The molecule has 1 unspecified atom stereocenters. The zero-order chi connectivity index (χ0) is 17.0. The van der Waals surface area contributed by atoms with Crippen LogP contribution in [0.15, 0.2) is 24.3 Å². The average Bonchev–Trinajstić information content (AvgIpc) is 3.15. The molecular weight excluding hydrogens is 326 g/mol. The van der Waals surface area contributed by atoms with E-state index in [0.717, 1.165) is 29.2 Å². The largest absolute Gasteiger partial charge is 0.462 e. The predicted molar refractivity (Wildman–Crippen MR) is 84.1 cm³/mol. The maximum Gasteiger partial charge on any atom is 0.293 e. The van der Waals surface area contributed by atoms with Gasteiger partial charge in [0, 0.05) is 25.6 Å². The van der Waals surface area contributed by atoms with Crippen molar-refractivity contribution in [1.82, 2.24) is 4.90 Å². The lowest BCUT2D eigenvalue weighted by Gasteiger charge is -2.46. The molecule has 1 fully saturated rings. The molecule has 7 nitrogen and oxygen atoms in total. The van der Waals surface area contributed by atoms with Crippen molar-refractivity contribution in [1.29, 1.82) is 0 Å². The van der Waals surface area contributed by atoms with Crippen LogP contribution < -0.4 is 9.47 Å². The van der Waals surface area contributed by atoms with E-state index in [4.69, 9.17) is 18.9 Å². The zero-order valence-electron chi connectivity index (χ0n) is 13.4. The van der Waals surface area contributed by atoms with Gasteiger partial charge in [-0.3, -0.25) is 14.5 Å². The molecule has 7 heteroatoms. The predicted octanol–water partition coefficient (Wildman–Crippen LogP) is 0.894. The van der Waals surface area contributed by atoms with Crippen LogP contribution >= 0.6 is 0 Å². The van der Waals surface area contributed by atoms with Gasteiger partial charge < -0.3 is 18.9 Å². The van der Waals surface area contributed by atoms with Crippen LogP contribution in [0.5, 0.6) is 11.5 Å². The Morgan fingerprint density at radius 3 is 2.76 bits per heavy atom. The van der Waals surface area contributed by atoms with Crippen LogP contribution in [0.3, 0.4) is 0 Å². The highest BCUT2D eigenvalue weighted by Gasteiger charge is 2.60. The molecule has 0 N–H and O–H groups in total. The second-order valence-corrected chi connectivity index (χ2v) is 6.83. The van der Waals surface area contributed by atoms with Gasteiger partial charge in [-0.2, -0.15) is 0 Å². The summed E-state index contributed by atoms with van der Waals surface area (Å²) in [4.78, 5) is 24.1. The van der Waals surface area contributed by atoms with Crippen molar-refractivity contribution in [2.75, 3.05) is 13.3 Å². The Kier molecular flexibility index (Phi) is 3.09. The van der Waals surface area contributed by atoms with Gasteiger partial charge in [0.05, 0.1) is 5.41 Å². The Balaban J connectivity index is 1.67. The average molecular weight is 343 g/mol. The number of rotatable bonds is 4. The molecule has 0 radical (unpaired) electrons. The summed E-state index contributed by atoms with van der Waals surface area (Å²) in [5.74, 6) is 1.47. The molecule has 1 aromatic rings. The number of carbonyl (C=O) groups is 2. The molecular formula is C18H17NO6. The number of ether oxygens (including phenoxy) is 4. The van der Waals surface area contributed by atoms with Crippen LogP contribution in [0.2, 0.25) is 0 Å². The summed E-state index contributed by atoms with van der Waals surface area (Å²) in [6.07, 6.45) is 4.06. The highest BCUT2D eigenvalue weighted by molar-refractivity contribution is 5.57. The van der Waals surface area contributed by atoms with Crippen LogP contribution in [-0.2, 0) is 31.0 Å². The summed E-state index contributed by atoms with van der Waals surface area (Å²) >= 11 is 0. The standard InChI is InChI=1S/C18H17NO6/c20-8-22-12-1-2-18-13-5-15-14(24-10-25-15)3-11(13)6-19(16(18)4-12)7-17(18)23-9-21/h1-3,5,8-9,12,16-17H,4,6-7,10H2/t12-,16-,17-,18-/m1/s1. The summed E-state index contributed by atoms with van der Waals surface area (Å²) in [6, 6.07) is 4.13. The van der Waals surface area contributed by atoms with Gasteiger partial charge in [0.25, 0.3) is 12.9 Å². The molecule has 3 heterocycles. The van der Waals surface area contributed by atoms with Crippen LogP contribution in [0.4, 0.5) is 0 Å². The maximum absolute atomic E-state index is 11.1. The highest BCUT2D eigenvalue weighted by atomic mass is 16.7. The normalized spacial score (nSPS) is 36.3. The number of carbonyl (C=O) groups excluding carboxylic acids is 2. The van der Waals surface area contributed by atoms with Gasteiger partial charge in [-0.05, 0) is 29.3 Å². The van der Waals surface area contributed by atoms with Crippen LogP contribution in [0, 0.1) is 0 Å². The van der Waals surface area contributed by atoms with Gasteiger partial charge in [-0.1, -0.05) is 6.08 Å². The molecule has 25 heavy (non-hydrogen) atoms. The zero-order valence-corrected chi connectivity index (χ0v) is 13.4. The third-order valence-electron chi connectivity index (χ3n) is 5.86. The van der Waals surface area contributed by atoms with Crippen molar-refractivity contribution in [2.24, 2.45) is 0 Å². The van der Waals surface area contributed by atoms with Crippen molar-refractivity contribution in [3.63, 3.8) is 0 Å². The summed E-state index contributed by atoms with van der Waals surface area (Å²) in [7, 11) is 0. The Bertz CT molecular complexity index is 777. The van der Waals surface area contributed by atoms with Gasteiger partial charge in [0.2, 0.25) is 6.79 Å². The minimum atomic E-state index is -0.460. The third-order valence-corrected chi connectivity index (χ3v) is 5.86. The molecule has 130 valence electrons. The first-order valence-corrected chi connectivity index (χ1v) is 8.31. The topological polar surface area (TPSA) is 74.3 Å². The lowest BCUT2D eigenvalue weighted by atomic mass is 9.65. The van der Waals surface area contributed by atoms with Gasteiger partial charge in [0.1, 0.15) is 12.2 Å². The van der Waals surface area contributed by atoms with Gasteiger partial charge in [-0.25, -0.2) is 0 Å². The first-order valence-electron chi connectivity index (χ1n) is 8.31. The highest BCUT2D eigenvalue weighted by Crippen LogP contribution is 2.54.